The van der Waals surface area contributed by atoms with E-state index in [9.17, 15) is 5.11 Å². The monoisotopic (exact) mass is 301 g/mol. The van der Waals surface area contributed by atoms with E-state index in [1.807, 2.05) is 4.68 Å². The predicted molar refractivity (Wildman–Crippen MR) is 89.6 cm³/mol. The maximum absolute atomic E-state index is 9.54. The van der Waals surface area contributed by atoms with Crippen LogP contribution in [-0.2, 0) is 13.2 Å². The Hall–Kier alpha value is -1.68. The van der Waals surface area contributed by atoms with Gasteiger partial charge in [-0.2, -0.15) is 0 Å². The highest BCUT2D eigenvalue weighted by Gasteiger charge is 2.14. The van der Waals surface area contributed by atoms with Gasteiger partial charge in [0.1, 0.15) is 5.69 Å². The Balaban J connectivity index is 2.18. The zero-order valence-electron chi connectivity index (χ0n) is 14.0. The Labute approximate surface area is 133 Å². The molecule has 1 aromatic heterocycles. The predicted octanol–water partition coefficient (Wildman–Crippen LogP) is 4.02. The third-order valence-corrected chi connectivity index (χ3v) is 4.21. The standard InChI is InChI=1S/C18H27N3O/c1-4-5-6-7-8-11-21-18(17(13-22)19-20-21)16-10-9-14(2)15(3)12-16/h9-10,12,22H,4-8,11,13H2,1-3H3. The highest BCUT2D eigenvalue weighted by Crippen LogP contribution is 2.25. The average Bonchev–Trinajstić information content (AvgIpc) is 2.93. The minimum Gasteiger partial charge on any atom is -0.390 e. The van der Waals surface area contributed by atoms with Gasteiger partial charge in [0.25, 0.3) is 0 Å². The summed E-state index contributed by atoms with van der Waals surface area (Å²) < 4.78 is 1.95. The number of aromatic nitrogens is 3. The summed E-state index contributed by atoms with van der Waals surface area (Å²) >= 11 is 0. The fourth-order valence-electron chi connectivity index (χ4n) is 2.68. The second kappa shape index (κ2) is 8.08. The van der Waals surface area contributed by atoms with E-state index in [1.54, 1.807) is 0 Å². The van der Waals surface area contributed by atoms with Crippen LogP contribution in [0, 0.1) is 13.8 Å². The Morgan fingerprint density at radius 1 is 1.05 bits per heavy atom. The van der Waals surface area contributed by atoms with Crippen LogP contribution < -0.4 is 0 Å². The second-order valence-corrected chi connectivity index (χ2v) is 5.98. The van der Waals surface area contributed by atoms with Gasteiger partial charge in [0.15, 0.2) is 0 Å². The molecule has 120 valence electrons. The van der Waals surface area contributed by atoms with Gasteiger partial charge in [-0.25, -0.2) is 4.68 Å². The molecule has 1 N–H and O–H groups in total. The van der Waals surface area contributed by atoms with Gasteiger partial charge >= 0.3 is 0 Å². The Morgan fingerprint density at radius 2 is 1.82 bits per heavy atom. The number of aryl methyl sites for hydroxylation is 3. The van der Waals surface area contributed by atoms with Gasteiger partial charge in [0, 0.05) is 12.1 Å². The van der Waals surface area contributed by atoms with Crippen LogP contribution in [0.4, 0.5) is 0 Å². The molecule has 1 aromatic carbocycles. The van der Waals surface area contributed by atoms with Crippen LogP contribution in [0.3, 0.4) is 0 Å². The molecule has 0 atom stereocenters. The van der Waals surface area contributed by atoms with Gasteiger partial charge in [0.2, 0.25) is 0 Å². The number of unbranched alkanes of at least 4 members (excludes halogenated alkanes) is 4. The molecule has 2 rings (SSSR count). The van der Waals surface area contributed by atoms with Crippen LogP contribution in [0.15, 0.2) is 18.2 Å². The van der Waals surface area contributed by atoms with Crippen LogP contribution in [-0.4, -0.2) is 20.1 Å². The van der Waals surface area contributed by atoms with Crippen molar-refractivity contribution in [2.75, 3.05) is 0 Å². The van der Waals surface area contributed by atoms with Gasteiger partial charge in [0.05, 0.1) is 12.3 Å². The van der Waals surface area contributed by atoms with Gasteiger partial charge < -0.3 is 5.11 Å². The lowest BCUT2D eigenvalue weighted by atomic mass is 10.0. The van der Waals surface area contributed by atoms with Crippen LogP contribution >= 0.6 is 0 Å². The van der Waals surface area contributed by atoms with Crippen molar-refractivity contribution >= 4 is 0 Å². The molecular formula is C18H27N3O. The zero-order valence-corrected chi connectivity index (χ0v) is 14.0. The summed E-state index contributed by atoms with van der Waals surface area (Å²) in [6.07, 6.45) is 6.15. The molecule has 0 amide bonds. The van der Waals surface area contributed by atoms with E-state index in [4.69, 9.17) is 0 Å². The van der Waals surface area contributed by atoms with Crippen LogP contribution in [0.25, 0.3) is 11.3 Å². The molecule has 0 saturated carbocycles. The lowest BCUT2D eigenvalue weighted by molar-refractivity contribution is 0.277. The number of rotatable bonds is 8. The summed E-state index contributed by atoms with van der Waals surface area (Å²) in [7, 11) is 0. The van der Waals surface area contributed by atoms with E-state index in [0.717, 1.165) is 24.2 Å². The third-order valence-electron chi connectivity index (χ3n) is 4.21. The van der Waals surface area contributed by atoms with Crippen molar-refractivity contribution in [3.63, 3.8) is 0 Å². The number of benzene rings is 1. The molecule has 0 saturated heterocycles. The molecule has 4 heteroatoms. The summed E-state index contributed by atoms with van der Waals surface area (Å²) in [6.45, 7) is 7.23. The van der Waals surface area contributed by atoms with Gasteiger partial charge in [-0.05, 0) is 37.5 Å². The van der Waals surface area contributed by atoms with Crippen molar-refractivity contribution in [2.45, 2.75) is 66.0 Å². The smallest absolute Gasteiger partial charge is 0.116 e. The number of aliphatic hydroxyl groups excluding tert-OH is 1. The molecule has 4 nitrogen and oxygen atoms in total. The molecule has 0 unspecified atom stereocenters. The average molecular weight is 301 g/mol. The normalized spacial score (nSPS) is 11.1. The van der Waals surface area contributed by atoms with Crippen LogP contribution in [0.5, 0.6) is 0 Å². The molecule has 22 heavy (non-hydrogen) atoms. The lowest BCUT2D eigenvalue weighted by Gasteiger charge is -2.10. The Kier molecular flexibility index (Phi) is 6.13. The van der Waals surface area contributed by atoms with E-state index in [0.29, 0.717) is 5.69 Å². The highest BCUT2D eigenvalue weighted by atomic mass is 16.3. The molecular weight excluding hydrogens is 274 g/mol. The van der Waals surface area contributed by atoms with Gasteiger partial charge in [-0.3, -0.25) is 0 Å². The molecule has 0 fully saturated rings. The number of hydrogen-bond donors (Lipinski definition) is 1. The maximum Gasteiger partial charge on any atom is 0.116 e. The summed E-state index contributed by atoms with van der Waals surface area (Å²) in [5, 5.41) is 17.9. The minimum absolute atomic E-state index is 0.0713. The van der Waals surface area contributed by atoms with Gasteiger partial charge in [-0.15, -0.1) is 5.10 Å². The van der Waals surface area contributed by atoms with Crippen molar-refractivity contribution in [2.24, 2.45) is 0 Å². The molecule has 0 aliphatic carbocycles. The first kappa shape index (κ1) is 16.7. The highest BCUT2D eigenvalue weighted by molar-refractivity contribution is 5.63. The van der Waals surface area contributed by atoms with Crippen molar-refractivity contribution in [3.8, 4) is 11.3 Å². The SMILES string of the molecule is CCCCCCCn1nnc(CO)c1-c1ccc(C)c(C)c1. The van der Waals surface area contributed by atoms with Crippen molar-refractivity contribution < 1.29 is 5.11 Å². The summed E-state index contributed by atoms with van der Waals surface area (Å²) in [6, 6.07) is 6.36. The maximum atomic E-state index is 9.54. The molecule has 1 heterocycles. The van der Waals surface area contributed by atoms with Crippen molar-refractivity contribution in [3.05, 3.63) is 35.0 Å². The van der Waals surface area contributed by atoms with Crippen molar-refractivity contribution in [1.82, 2.24) is 15.0 Å². The van der Waals surface area contributed by atoms with E-state index >= 15 is 0 Å². The van der Waals surface area contributed by atoms with E-state index in [2.05, 4.69) is 49.3 Å². The quantitative estimate of drug-likeness (QED) is 0.749. The first-order chi connectivity index (χ1) is 10.7. The third kappa shape index (κ3) is 3.95. The van der Waals surface area contributed by atoms with Crippen molar-refractivity contribution in [1.29, 1.82) is 0 Å². The molecule has 0 radical (unpaired) electrons. The zero-order chi connectivity index (χ0) is 15.9. The largest absolute Gasteiger partial charge is 0.390 e. The first-order valence-corrected chi connectivity index (χ1v) is 8.28. The second-order valence-electron chi connectivity index (χ2n) is 5.98. The number of nitrogens with zero attached hydrogens (tertiary/aromatic N) is 3. The summed E-state index contributed by atoms with van der Waals surface area (Å²) in [4.78, 5) is 0. The topological polar surface area (TPSA) is 50.9 Å². The van der Waals surface area contributed by atoms with E-state index < -0.39 is 0 Å². The fourth-order valence-corrected chi connectivity index (χ4v) is 2.68. The lowest BCUT2D eigenvalue weighted by Crippen LogP contribution is -2.04. The summed E-state index contributed by atoms with van der Waals surface area (Å²) in [5.41, 5.74) is 5.23. The Bertz CT molecular complexity index is 604. The first-order valence-electron chi connectivity index (χ1n) is 8.28. The van der Waals surface area contributed by atoms with Crippen LogP contribution in [0.1, 0.15) is 55.8 Å². The minimum atomic E-state index is -0.0713. The molecule has 0 spiro atoms. The van der Waals surface area contributed by atoms with E-state index in [1.165, 1.54) is 36.8 Å². The molecule has 0 aliphatic heterocycles. The fraction of sp³-hybridized carbons (Fsp3) is 0.556. The number of hydrogen-bond acceptors (Lipinski definition) is 3. The number of aliphatic hydroxyl groups is 1. The Morgan fingerprint density at radius 3 is 2.50 bits per heavy atom. The summed E-state index contributed by atoms with van der Waals surface area (Å²) in [5.74, 6) is 0. The molecule has 0 bridgehead atoms. The molecule has 0 aliphatic rings. The van der Waals surface area contributed by atoms with E-state index in [-0.39, 0.29) is 6.61 Å². The molecule has 2 aromatic rings. The van der Waals surface area contributed by atoms with Gasteiger partial charge in [-0.1, -0.05) is 50.0 Å². The van der Waals surface area contributed by atoms with Crippen LogP contribution in [0.2, 0.25) is 0 Å².